The average Bonchev–Trinajstić information content (AvgIpc) is 3.51. The zero-order chi connectivity index (χ0) is 26.6. The van der Waals surface area contributed by atoms with Crippen molar-refractivity contribution in [1.29, 1.82) is 0 Å². The molecule has 0 saturated carbocycles. The minimum atomic E-state index is -0.621. The summed E-state index contributed by atoms with van der Waals surface area (Å²) in [6.07, 6.45) is 2.13. The highest BCUT2D eigenvalue weighted by Crippen LogP contribution is 2.31. The molecule has 0 atom stereocenters. The Hall–Kier alpha value is -3.56. The van der Waals surface area contributed by atoms with E-state index in [1.54, 1.807) is 14.2 Å². The lowest BCUT2D eigenvalue weighted by Gasteiger charge is -2.26. The summed E-state index contributed by atoms with van der Waals surface area (Å²) in [7, 11) is 3.22. The molecular weight excluding hydrogens is 468 g/mol. The molecule has 1 N–H and O–H groups in total. The summed E-state index contributed by atoms with van der Waals surface area (Å²) in [5.74, 6) is 0.550. The standard InChI is InChI=1S/C28H36N6O3/c1-7-8-13-23-24(26(36-5)37-6)34(28(2,3)4)27(35)33(23)18-19-14-16-20(17-15-19)21-11-9-10-12-22(21)25-29-31-32-30-25/h9-12,14-17,26H,7-8,13,18H2,1-6H3,(H,29,30,31,32). The number of hydrogen-bond donors (Lipinski definition) is 1. The molecule has 2 aromatic carbocycles. The number of H-pyrrole nitrogens is 1. The zero-order valence-corrected chi connectivity index (χ0v) is 22.5. The first-order chi connectivity index (χ1) is 17.8. The molecule has 196 valence electrons. The zero-order valence-electron chi connectivity index (χ0n) is 22.5. The lowest BCUT2D eigenvalue weighted by molar-refractivity contribution is -0.112. The molecule has 0 fully saturated rings. The number of tetrazole rings is 1. The van der Waals surface area contributed by atoms with Crippen molar-refractivity contribution in [3.05, 3.63) is 76.0 Å². The number of aromatic amines is 1. The Morgan fingerprint density at radius 2 is 1.68 bits per heavy atom. The fraction of sp³-hybridized carbons (Fsp3) is 0.429. The monoisotopic (exact) mass is 504 g/mol. The number of imidazole rings is 1. The summed E-state index contributed by atoms with van der Waals surface area (Å²) in [5.41, 5.74) is 5.25. The molecule has 2 aromatic heterocycles. The van der Waals surface area contributed by atoms with Crippen LogP contribution in [0.5, 0.6) is 0 Å². The minimum Gasteiger partial charge on any atom is -0.350 e. The summed E-state index contributed by atoms with van der Waals surface area (Å²) < 4.78 is 15.0. The number of nitrogens with one attached hydrogen (secondary N) is 1. The Bertz CT molecular complexity index is 1360. The van der Waals surface area contributed by atoms with Gasteiger partial charge >= 0.3 is 5.69 Å². The Morgan fingerprint density at radius 3 is 2.24 bits per heavy atom. The highest BCUT2D eigenvalue weighted by Gasteiger charge is 2.31. The predicted octanol–water partition coefficient (Wildman–Crippen LogP) is 4.93. The molecule has 0 aliphatic rings. The number of hydrogen-bond acceptors (Lipinski definition) is 6. The summed E-state index contributed by atoms with van der Waals surface area (Å²) in [5, 5.41) is 14.5. The molecule has 4 aromatic rings. The van der Waals surface area contributed by atoms with Crippen molar-refractivity contribution in [3.63, 3.8) is 0 Å². The van der Waals surface area contributed by atoms with E-state index in [4.69, 9.17) is 9.47 Å². The molecule has 0 aliphatic heterocycles. The first kappa shape index (κ1) is 26.5. The second-order valence-corrected chi connectivity index (χ2v) is 10.1. The third-order valence-corrected chi connectivity index (χ3v) is 6.49. The fourth-order valence-corrected chi connectivity index (χ4v) is 4.76. The van der Waals surface area contributed by atoms with Gasteiger partial charge in [0.05, 0.1) is 12.2 Å². The van der Waals surface area contributed by atoms with Gasteiger partial charge in [-0.3, -0.25) is 9.13 Å². The molecule has 37 heavy (non-hydrogen) atoms. The Balaban J connectivity index is 1.75. The number of aromatic nitrogens is 6. The number of nitrogens with zero attached hydrogens (tertiary/aromatic N) is 5. The van der Waals surface area contributed by atoms with Crippen molar-refractivity contribution in [2.45, 2.75) is 65.3 Å². The van der Waals surface area contributed by atoms with E-state index in [2.05, 4.69) is 51.8 Å². The quantitative estimate of drug-likeness (QED) is 0.307. The number of benzene rings is 2. The van der Waals surface area contributed by atoms with Crippen LogP contribution in [0.25, 0.3) is 22.5 Å². The van der Waals surface area contributed by atoms with Crippen LogP contribution in [0, 0.1) is 0 Å². The summed E-state index contributed by atoms with van der Waals surface area (Å²) >= 11 is 0. The van der Waals surface area contributed by atoms with Crippen LogP contribution < -0.4 is 5.69 Å². The van der Waals surface area contributed by atoms with E-state index in [0.29, 0.717) is 12.4 Å². The van der Waals surface area contributed by atoms with Gasteiger partial charge in [0.25, 0.3) is 0 Å². The van der Waals surface area contributed by atoms with Gasteiger partial charge in [-0.1, -0.05) is 61.9 Å². The van der Waals surface area contributed by atoms with Gasteiger partial charge in [0, 0.05) is 31.0 Å². The molecule has 2 heterocycles. The molecule has 0 saturated heterocycles. The summed E-state index contributed by atoms with van der Waals surface area (Å²) in [6.45, 7) is 8.71. The molecule has 0 bridgehead atoms. The van der Waals surface area contributed by atoms with Crippen LogP contribution in [0.4, 0.5) is 0 Å². The normalized spacial score (nSPS) is 12.0. The minimum absolute atomic E-state index is 0.0563. The molecule has 0 amide bonds. The van der Waals surface area contributed by atoms with Crippen LogP contribution in [0.3, 0.4) is 0 Å². The number of ether oxygens (including phenoxy) is 2. The van der Waals surface area contributed by atoms with E-state index >= 15 is 0 Å². The van der Waals surface area contributed by atoms with Crippen molar-refractivity contribution in [3.8, 4) is 22.5 Å². The SMILES string of the molecule is CCCCc1c(C(OC)OC)n(C(C)(C)C)c(=O)n1Cc1ccc(-c2ccccc2-c2nn[nH]n2)cc1. The average molecular weight is 505 g/mol. The topological polar surface area (TPSA) is 99.9 Å². The van der Waals surface area contributed by atoms with Crippen molar-refractivity contribution < 1.29 is 9.47 Å². The third-order valence-electron chi connectivity index (χ3n) is 6.49. The largest absolute Gasteiger partial charge is 0.350 e. The van der Waals surface area contributed by atoms with Gasteiger partial charge < -0.3 is 9.47 Å². The van der Waals surface area contributed by atoms with E-state index in [1.165, 1.54) is 0 Å². The van der Waals surface area contributed by atoms with Gasteiger partial charge in [0.2, 0.25) is 12.1 Å². The Kier molecular flexibility index (Phi) is 8.04. The highest BCUT2D eigenvalue weighted by molar-refractivity contribution is 5.80. The molecule has 0 aliphatic carbocycles. The number of methoxy groups -OCH3 is 2. The van der Waals surface area contributed by atoms with Crippen molar-refractivity contribution in [1.82, 2.24) is 29.8 Å². The van der Waals surface area contributed by atoms with E-state index in [9.17, 15) is 4.79 Å². The Morgan fingerprint density at radius 1 is 1.00 bits per heavy atom. The van der Waals surface area contributed by atoms with Crippen LogP contribution in [0.2, 0.25) is 0 Å². The van der Waals surface area contributed by atoms with E-state index in [0.717, 1.165) is 52.9 Å². The van der Waals surface area contributed by atoms with Crippen LogP contribution in [0.1, 0.15) is 63.8 Å². The maximum Gasteiger partial charge on any atom is 0.329 e. The second-order valence-electron chi connectivity index (χ2n) is 10.1. The van der Waals surface area contributed by atoms with E-state index in [-0.39, 0.29) is 5.69 Å². The van der Waals surface area contributed by atoms with Gasteiger partial charge in [-0.15, -0.1) is 10.2 Å². The third kappa shape index (κ3) is 5.42. The predicted molar refractivity (Wildman–Crippen MR) is 143 cm³/mol. The highest BCUT2D eigenvalue weighted by atomic mass is 16.7. The van der Waals surface area contributed by atoms with Crippen molar-refractivity contribution in [2.75, 3.05) is 14.2 Å². The van der Waals surface area contributed by atoms with Gasteiger partial charge in [0.1, 0.15) is 0 Å². The smallest absolute Gasteiger partial charge is 0.329 e. The number of rotatable bonds is 10. The van der Waals surface area contributed by atoms with Crippen LogP contribution in [-0.4, -0.2) is 44.0 Å². The molecule has 0 unspecified atom stereocenters. The van der Waals surface area contributed by atoms with Gasteiger partial charge in [0.15, 0.2) is 0 Å². The van der Waals surface area contributed by atoms with Crippen molar-refractivity contribution in [2.24, 2.45) is 0 Å². The molecular formula is C28H36N6O3. The van der Waals surface area contributed by atoms with Gasteiger partial charge in [-0.25, -0.2) is 4.79 Å². The van der Waals surface area contributed by atoms with Crippen LogP contribution in [-0.2, 0) is 28.0 Å². The fourth-order valence-electron chi connectivity index (χ4n) is 4.76. The first-order valence-corrected chi connectivity index (χ1v) is 12.6. The lowest BCUT2D eigenvalue weighted by atomic mass is 9.98. The van der Waals surface area contributed by atoms with Crippen LogP contribution in [0.15, 0.2) is 53.3 Å². The van der Waals surface area contributed by atoms with Gasteiger partial charge in [-0.05, 0) is 55.5 Å². The van der Waals surface area contributed by atoms with Gasteiger partial charge in [-0.2, -0.15) is 5.21 Å². The number of unbranched alkanes of at least 4 members (excludes halogenated alkanes) is 1. The lowest BCUT2D eigenvalue weighted by Crippen LogP contribution is -2.37. The first-order valence-electron chi connectivity index (χ1n) is 12.6. The maximum atomic E-state index is 13.8. The van der Waals surface area contributed by atoms with E-state index in [1.807, 2.05) is 54.2 Å². The van der Waals surface area contributed by atoms with E-state index < -0.39 is 11.8 Å². The second kappa shape index (κ2) is 11.2. The molecule has 4 rings (SSSR count). The molecule has 0 radical (unpaired) electrons. The summed E-state index contributed by atoms with van der Waals surface area (Å²) in [6, 6.07) is 16.2. The molecule has 9 heteroatoms. The summed E-state index contributed by atoms with van der Waals surface area (Å²) in [4.78, 5) is 13.8. The van der Waals surface area contributed by atoms with Crippen molar-refractivity contribution >= 4 is 0 Å². The van der Waals surface area contributed by atoms with Crippen LogP contribution >= 0.6 is 0 Å². The molecule has 9 nitrogen and oxygen atoms in total. The Labute approximate surface area is 217 Å². The maximum absolute atomic E-state index is 13.8. The molecule has 0 spiro atoms.